The zero-order valence-electron chi connectivity index (χ0n) is 7.72. The molecule has 2 heterocycles. The minimum absolute atomic E-state index is 0.0887. The first-order valence-electron chi connectivity index (χ1n) is 4.16. The maximum Gasteiger partial charge on any atom is 0.296 e. The maximum absolute atomic E-state index is 11.9. The molecule has 2 aromatic heterocycles. The summed E-state index contributed by atoms with van der Waals surface area (Å²) < 4.78 is 28.5. The summed E-state index contributed by atoms with van der Waals surface area (Å²) in [6, 6.07) is 0. The molecule has 0 aromatic carbocycles. The van der Waals surface area contributed by atoms with Crippen LogP contribution in [-0.4, -0.2) is 37.8 Å². The van der Waals surface area contributed by atoms with Gasteiger partial charge < -0.3 is 4.52 Å². The molecule has 0 amide bonds. The number of nitrogens with zero attached hydrogens (tertiary/aromatic N) is 4. The molecule has 0 atom stereocenters. The van der Waals surface area contributed by atoms with E-state index in [1.165, 1.54) is 6.20 Å². The van der Waals surface area contributed by atoms with E-state index in [1.54, 1.807) is 0 Å². The number of carbonyl (C=O) groups excluding carboxylic acids is 1. The minimum atomic E-state index is -3.04. The van der Waals surface area contributed by atoms with Crippen molar-refractivity contribution in [1.82, 2.24) is 25.6 Å². The van der Waals surface area contributed by atoms with Crippen LogP contribution in [-0.2, 0) is 11.2 Å². The van der Waals surface area contributed by atoms with Gasteiger partial charge in [0.15, 0.2) is 5.69 Å². The Bertz CT molecular complexity index is 481. The van der Waals surface area contributed by atoms with Crippen molar-refractivity contribution >= 4 is 5.78 Å². The van der Waals surface area contributed by atoms with Crippen molar-refractivity contribution < 1.29 is 18.1 Å². The molecule has 16 heavy (non-hydrogen) atoms. The second-order valence-electron chi connectivity index (χ2n) is 2.81. The largest absolute Gasteiger partial charge is 0.338 e. The lowest BCUT2D eigenvalue weighted by Gasteiger charge is -1.92. The van der Waals surface area contributed by atoms with Gasteiger partial charge in [-0.2, -0.15) is 20.4 Å². The summed E-state index contributed by atoms with van der Waals surface area (Å²) in [4.78, 5) is 14.4. The fourth-order valence-electron chi connectivity index (χ4n) is 0.966. The van der Waals surface area contributed by atoms with Gasteiger partial charge in [0.2, 0.25) is 17.5 Å². The van der Waals surface area contributed by atoms with Crippen LogP contribution in [0.2, 0.25) is 0 Å². The Morgan fingerprint density at radius 3 is 3.00 bits per heavy atom. The number of alkyl halides is 2. The van der Waals surface area contributed by atoms with Gasteiger partial charge >= 0.3 is 0 Å². The van der Waals surface area contributed by atoms with Crippen LogP contribution in [0.4, 0.5) is 8.78 Å². The monoisotopic (exact) mass is 229 g/mol. The lowest BCUT2D eigenvalue weighted by Crippen LogP contribution is -2.12. The second-order valence-corrected chi connectivity index (χ2v) is 2.81. The number of halogens is 2. The molecule has 0 unspecified atom stereocenters. The maximum atomic E-state index is 11.9. The smallest absolute Gasteiger partial charge is 0.296 e. The number of hydrogen-bond acceptors (Lipinski definition) is 6. The summed E-state index contributed by atoms with van der Waals surface area (Å²) in [5, 5.41) is 13.0. The van der Waals surface area contributed by atoms with E-state index in [-0.39, 0.29) is 11.7 Å². The highest BCUT2D eigenvalue weighted by molar-refractivity contribution is 5.82. The average Bonchev–Trinajstić information content (AvgIpc) is 2.85. The average molecular weight is 229 g/mol. The van der Waals surface area contributed by atoms with E-state index < -0.39 is 18.6 Å². The SMILES string of the molecule is O=C(Cc1nc(-c2cn[nH]n2)no1)C(F)F. The molecule has 7 nitrogen and oxygen atoms in total. The summed E-state index contributed by atoms with van der Waals surface area (Å²) in [6.07, 6.45) is -2.30. The predicted molar refractivity (Wildman–Crippen MR) is 44.4 cm³/mol. The lowest BCUT2D eigenvalue weighted by atomic mass is 10.3. The van der Waals surface area contributed by atoms with Gasteiger partial charge in [-0.05, 0) is 0 Å². The molecule has 2 rings (SSSR count). The number of Topliss-reactive ketones (excluding diaryl/α,β-unsaturated/α-hetero) is 1. The molecule has 0 spiro atoms. The van der Waals surface area contributed by atoms with Crippen molar-refractivity contribution in [3.8, 4) is 11.5 Å². The number of nitrogens with one attached hydrogen (secondary N) is 1. The molecule has 84 valence electrons. The van der Waals surface area contributed by atoms with Crippen LogP contribution >= 0.6 is 0 Å². The van der Waals surface area contributed by atoms with E-state index in [0.717, 1.165) is 0 Å². The first-order chi connectivity index (χ1) is 7.66. The molecule has 0 saturated heterocycles. The van der Waals surface area contributed by atoms with E-state index in [2.05, 4.69) is 30.1 Å². The van der Waals surface area contributed by atoms with Gasteiger partial charge in [-0.25, -0.2) is 8.78 Å². The van der Waals surface area contributed by atoms with Crippen molar-refractivity contribution in [1.29, 1.82) is 0 Å². The molecule has 2 aromatic rings. The molecular formula is C7H5F2N5O2. The van der Waals surface area contributed by atoms with E-state index in [9.17, 15) is 13.6 Å². The van der Waals surface area contributed by atoms with E-state index >= 15 is 0 Å². The highest BCUT2D eigenvalue weighted by Crippen LogP contribution is 2.11. The zero-order chi connectivity index (χ0) is 11.5. The first-order valence-corrected chi connectivity index (χ1v) is 4.16. The summed E-state index contributed by atoms with van der Waals surface area (Å²) in [6.45, 7) is 0. The Hall–Kier alpha value is -2.19. The fraction of sp³-hybridized carbons (Fsp3) is 0.286. The molecule has 0 aliphatic carbocycles. The van der Waals surface area contributed by atoms with Crippen LogP contribution in [0.25, 0.3) is 11.5 Å². The molecule has 0 radical (unpaired) electrons. The normalized spacial score (nSPS) is 10.9. The van der Waals surface area contributed by atoms with Crippen LogP contribution in [0.1, 0.15) is 5.89 Å². The number of aromatic amines is 1. The second kappa shape index (κ2) is 4.13. The Labute approximate surface area is 86.8 Å². The lowest BCUT2D eigenvalue weighted by molar-refractivity contribution is -0.129. The van der Waals surface area contributed by atoms with Gasteiger partial charge in [0, 0.05) is 0 Å². The van der Waals surface area contributed by atoms with Crippen molar-refractivity contribution in [3.63, 3.8) is 0 Å². The topological polar surface area (TPSA) is 97.6 Å². The summed E-state index contributed by atoms with van der Waals surface area (Å²) >= 11 is 0. The number of aromatic nitrogens is 5. The molecular weight excluding hydrogens is 224 g/mol. The summed E-state index contributed by atoms with van der Waals surface area (Å²) in [7, 11) is 0. The van der Waals surface area contributed by atoms with Crippen molar-refractivity contribution in [3.05, 3.63) is 12.1 Å². The zero-order valence-corrected chi connectivity index (χ0v) is 7.72. The summed E-state index contributed by atoms with van der Waals surface area (Å²) in [5.74, 6) is -1.36. The quantitative estimate of drug-likeness (QED) is 0.805. The van der Waals surface area contributed by atoms with Crippen LogP contribution in [0.5, 0.6) is 0 Å². The number of hydrogen-bond donors (Lipinski definition) is 1. The molecule has 0 aliphatic rings. The van der Waals surface area contributed by atoms with Crippen molar-refractivity contribution in [2.75, 3.05) is 0 Å². The summed E-state index contributed by atoms with van der Waals surface area (Å²) in [5.41, 5.74) is 0.305. The van der Waals surface area contributed by atoms with E-state index in [1.807, 2.05) is 0 Å². The molecule has 0 fully saturated rings. The van der Waals surface area contributed by atoms with Crippen LogP contribution < -0.4 is 0 Å². The molecule has 1 N–H and O–H groups in total. The number of carbonyl (C=O) groups is 1. The number of ketones is 1. The first kappa shape index (κ1) is 10.3. The number of H-pyrrole nitrogens is 1. The van der Waals surface area contributed by atoms with Gasteiger partial charge in [-0.3, -0.25) is 4.79 Å². The minimum Gasteiger partial charge on any atom is -0.338 e. The number of rotatable bonds is 4. The van der Waals surface area contributed by atoms with Crippen molar-refractivity contribution in [2.24, 2.45) is 0 Å². The van der Waals surface area contributed by atoms with E-state index in [0.29, 0.717) is 5.69 Å². The predicted octanol–water partition coefficient (Wildman–Crippen LogP) is 0.231. The van der Waals surface area contributed by atoms with Gasteiger partial charge in [0.25, 0.3) is 6.43 Å². The van der Waals surface area contributed by atoms with Crippen LogP contribution in [0.3, 0.4) is 0 Å². The highest BCUT2D eigenvalue weighted by Gasteiger charge is 2.20. The molecule has 0 aliphatic heterocycles. The van der Waals surface area contributed by atoms with Gasteiger partial charge in [-0.15, -0.1) is 0 Å². The third-order valence-corrected chi connectivity index (χ3v) is 1.68. The highest BCUT2D eigenvalue weighted by atomic mass is 19.3. The fourth-order valence-corrected chi connectivity index (χ4v) is 0.966. The Morgan fingerprint density at radius 2 is 2.38 bits per heavy atom. The standard InChI is InChI=1S/C7H5F2N5O2/c8-6(9)4(15)1-5-11-7(13-16-5)3-2-10-14-12-3/h2,6H,1H2,(H,10,12,14). The third kappa shape index (κ3) is 2.07. The molecule has 0 bridgehead atoms. The third-order valence-electron chi connectivity index (χ3n) is 1.68. The van der Waals surface area contributed by atoms with Crippen LogP contribution in [0, 0.1) is 0 Å². The van der Waals surface area contributed by atoms with Gasteiger partial charge in [0.1, 0.15) is 0 Å². The van der Waals surface area contributed by atoms with Crippen LogP contribution in [0.15, 0.2) is 10.7 Å². The Kier molecular flexibility index (Phi) is 2.66. The Balaban J connectivity index is 2.11. The molecule has 0 saturated carbocycles. The molecule has 9 heteroatoms. The van der Waals surface area contributed by atoms with Crippen molar-refractivity contribution in [2.45, 2.75) is 12.8 Å². The Morgan fingerprint density at radius 1 is 1.56 bits per heavy atom. The van der Waals surface area contributed by atoms with Gasteiger partial charge in [0.05, 0.1) is 12.6 Å². The van der Waals surface area contributed by atoms with E-state index in [4.69, 9.17) is 0 Å². The van der Waals surface area contributed by atoms with Gasteiger partial charge in [-0.1, -0.05) is 5.16 Å².